The maximum atomic E-state index is 13.6. The van der Waals surface area contributed by atoms with Gasteiger partial charge < -0.3 is 15.0 Å². The number of hydrogen-bond acceptors (Lipinski definition) is 4. The van der Waals surface area contributed by atoms with Gasteiger partial charge in [0.1, 0.15) is 5.54 Å². The van der Waals surface area contributed by atoms with Gasteiger partial charge >= 0.3 is 0 Å². The van der Waals surface area contributed by atoms with Crippen LogP contribution in [0.3, 0.4) is 0 Å². The third-order valence-corrected chi connectivity index (χ3v) is 7.05. The summed E-state index contributed by atoms with van der Waals surface area (Å²) in [6, 6.07) is 7.97. The number of ether oxygens (including phenoxy) is 1. The first-order chi connectivity index (χ1) is 14.6. The van der Waals surface area contributed by atoms with Crippen LogP contribution in [0, 0.1) is 0 Å². The third-order valence-electron chi connectivity index (χ3n) is 7.05. The van der Waals surface area contributed by atoms with E-state index in [-0.39, 0.29) is 17.9 Å². The van der Waals surface area contributed by atoms with E-state index in [0.717, 1.165) is 56.8 Å². The van der Waals surface area contributed by atoms with E-state index >= 15 is 0 Å². The molecule has 0 spiro atoms. The van der Waals surface area contributed by atoms with Crippen LogP contribution < -0.4 is 5.32 Å². The normalized spacial score (nSPS) is 26.2. The van der Waals surface area contributed by atoms with Gasteiger partial charge in [-0.25, -0.2) is 0 Å². The van der Waals surface area contributed by atoms with Gasteiger partial charge in [-0.05, 0) is 31.4 Å². The highest BCUT2D eigenvalue weighted by atomic mass is 16.5. The molecule has 6 nitrogen and oxygen atoms in total. The van der Waals surface area contributed by atoms with Crippen LogP contribution in [-0.4, -0.2) is 72.6 Å². The average molecular weight is 414 g/mol. The highest BCUT2D eigenvalue weighted by Crippen LogP contribution is 2.32. The molecule has 2 aliphatic heterocycles. The number of morpholine rings is 1. The second kappa shape index (κ2) is 9.48. The van der Waals surface area contributed by atoms with Gasteiger partial charge in [0.05, 0.1) is 13.2 Å². The fraction of sp³-hybridized carbons (Fsp3) is 0.667. The first-order valence-corrected chi connectivity index (χ1v) is 11.6. The van der Waals surface area contributed by atoms with Crippen molar-refractivity contribution in [2.45, 2.75) is 63.5 Å². The van der Waals surface area contributed by atoms with Gasteiger partial charge in [-0.3, -0.25) is 14.5 Å². The highest BCUT2D eigenvalue weighted by Gasteiger charge is 2.47. The number of benzene rings is 1. The van der Waals surface area contributed by atoms with Gasteiger partial charge in [0.2, 0.25) is 5.91 Å². The number of nitrogens with zero attached hydrogens (tertiary/aromatic N) is 2. The van der Waals surface area contributed by atoms with Gasteiger partial charge in [-0.1, -0.05) is 43.9 Å². The third kappa shape index (κ3) is 4.54. The molecule has 4 rings (SSSR count). The topological polar surface area (TPSA) is 61.9 Å². The fourth-order valence-corrected chi connectivity index (χ4v) is 5.10. The van der Waals surface area contributed by atoms with Crippen LogP contribution in [0.25, 0.3) is 0 Å². The molecule has 1 aromatic rings. The summed E-state index contributed by atoms with van der Waals surface area (Å²) in [4.78, 5) is 31.2. The number of hydrogen-bond donors (Lipinski definition) is 1. The van der Waals surface area contributed by atoms with Crippen molar-refractivity contribution in [2.75, 3.05) is 39.4 Å². The lowest BCUT2D eigenvalue weighted by Crippen LogP contribution is -2.64. The van der Waals surface area contributed by atoms with E-state index in [2.05, 4.69) is 10.2 Å². The molecule has 6 heteroatoms. The van der Waals surface area contributed by atoms with Gasteiger partial charge in [-0.15, -0.1) is 0 Å². The molecular weight excluding hydrogens is 378 g/mol. The predicted octanol–water partition coefficient (Wildman–Crippen LogP) is 2.61. The molecule has 0 aromatic heterocycles. The van der Waals surface area contributed by atoms with E-state index < -0.39 is 5.54 Å². The Hall–Kier alpha value is -1.92. The predicted molar refractivity (Wildman–Crippen MR) is 116 cm³/mol. The van der Waals surface area contributed by atoms with Crippen molar-refractivity contribution in [2.24, 2.45) is 0 Å². The molecule has 30 heavy (non-hydrogen) atoms. The van der Waals surface area contributed by atoms with Crippen molar-refractivity contribution < 1.29 is 14.3 Å². The number of carbonyl (C=O) groups excluding carboxylic acids is 2. The Balaban J connectivity index is 1.54. The van der Waals surface area contributed by atoms with E-state index in [0.29, 0.717) is 13.0 Å². The summed E-state index contributed by atoms with van der Waals surface area (Å²) in [5, 5.41) is 3.32. The molecule has 1 N–H and O–H groups in total. The summed E-state index contributed by atoms with van der Waals surface area (Å²) in [5.41, 5.74) is 0.854. The number of rotatable bonds is 5. The monoisotopic (exact) mass is 413 g/mol. The second-order valence-corrected chi connectivity index (χ2v) is 9.18. The van der Waals surface area contributed by atoms with E-state index in [9.17, 15) is 9.59 Å². The minimum absolute atomic E-state index is 0.000712. The fourth-order valence-electron chi connectivity index (χ4n) is 5.10. The molecule has 1 saturated carbocycles. The van der Waals surface area contributed by atoms with Crippen molar-refractivity contribution in [1.29, 1.82) is 0 Å². The zero-order chi connectivity index (χ0) is 21.0. The van der Waals surface area contributed by atoms with Crippen LogP contribution in [0.4, 0.5) is 0 Å². The molecule has 1 aliphatic carbocycles. The lowest BCUT2D eigenvalue weighted by molar-refractivity contribution is -0.132. The highest BCUT2D eigenvalue weighted by molar-refractivity contribution is 6.02. The van der Waals surface area contributed by atoms with Gasteiger partial charge in [0.15, 0.2) is 0 Å². The Bertz CT molecular complexity index is 754. The number of amides is 2. The minimum Gasteiger partial charge on any atom is -0.379 e. The molecular formula is C24H35N3O3. The lowest BCUT2D eigenvalue weighted by Gasteiger charge is -2.45. The van der Waals surface area contributed by atoms with Crippen molar-refractivity contribution in [3.05, 3.63) is 35.4 Å². The summed E-state index contributed by atoms with van der Waals surface area (Å²) in [7, 11) is 0. The SMILES string of the molecule is C[C@]1(C(=O)NC2CCCCCC2)Cc2ccccc2C(=O)N1CCN1CCOCC1. The summed E-state index contributed by atoms with van der Waals surface area (Å²) in [6.45, 7) is 6.50. The van der Waals surface area contributed by atoms with Crippen LogP contribution in [-0.2, 0) is 16.0 Å². The summed E-state index contributed by atoms with van der Waals surface area (Å²) >= 11 is 0. The average Bonchev–Trinajstić information content (AvgIpc) is 3.03. The Labute approximate surface area is 179 Å². The van der Waals surface area contributed by atoms with Crippen molar-refractivity contribution in [1.82, 2.24) is 15.1 Å². The van der Waals surface area contributed by atoms with Crippen LogP contribution in [0.15, 0.2) is 24.3 Å². The minimum atomic E-state index is -0.857. The smallest absolute Gasteiger partial charge is 0.255 e. The molecule has 1 saturated heterocycles. The number of carbonyl (C=O) groups is 2. The maximum absolute atomic E-state index is 13.6. The van der Waals surface area contributed by atoms with Crippen LogP contribution in [0.5, 0.6) is 0 Å². The Morgan fingerprint density at radius 2 is 1.80 bits per heavy atom. The second-order valence-electron chi connectivity index (χ2n) is 9.18. The largest absolute Gasteiger partial charge is 0.379 e. The van der Waals surface area contributed by atoms with Crippen LogP contribution in [0.1, 0.15) is 61.4 Å². The van der Waals surface area contributed by atoms with Crippen LogP contribution in [0.2, 0.25) is 0 Å². The summed E-state index contributed by atoms with van der Waals surface area (Å²) < 4.78 is 5.45. The van der Waals surface area contributed by atoms with Crippen molar-refractivity contribution in [3.63, 3.8) is 0 Å². The molecule has 0 radical (unpaired) electrons. The molecule has 0 unspecified atom stereocenters. The summed E-state index contributed by atoms with van der Waals surface area (Å²) in [6.07, 6.45) is 7.49. The zero-order valence-corrected chi connectivity index (χ0v) is 18.2. The summed E-state index contributed by atoms with van der Waals surface area (Å²) in [5.74, 6) is -0.0251. The van der Waals surface area contributed by atoms with E-state index in [1.807, 2.05) is 36.1 Å². The first kappa shape index (κ1) is 21.3. The molecule has 1 aromatic carbocycles. The Morgan fingerprint density at radius 3 is 2.53 bits per heavy atom. The Kier molecular flexibility index (Phi) is 6.74. The molecule has 2 fully saturated rings. The first-order valence-electron chi connectivity index (χ1n) is 11.6. The molecule has 1 atom stereocenters. The molecule has 164 valence electrons. The van der Waals surface area contributed by atoms with E-state index in [1.165, 1.54) is 25.7 Å². The maximum Gasteiger partial charge on any atom is 0.255 e. The van der Waals surface area contributed by atoms with Gasteiger partial charge in [0.25, 0.3) is 5.91 Å². The molecule has 0 bridgehead atoms. The molecule has 2 heterocycles. The quantitative estimate of drug-likeness (QED) is 0.754. The lowest BCUT2D eigenvalue weighted by atomic mass is 9.82. The van der Waals surface area contributed by atoms with E-state index in [4.69, 9.17) is 4.74 Å². The van der Waals surface area contributed by atoms with Crippen molar-refractivity contribution >= 4 is 11.8 Å². The van der Waals surface area contributed by atoms with Gasteiger partial charge in [-0.2, -0.15) is 0 Å². The molecule has 3 aliphatic rings. The van der Waals surface area contributed by atoms with Crippen LogP contribution >= 0.6 is 0 Å². The molecule has 2 amide bonds. The van der Waals surface area contributed by atoms with E-state index in [1.54, 1.807) is 0 Å². The number of fused-ring (bicyclic) bond motifs is 1. The standard InChI is InChI=1S/C24H35N3O3/c1-24(23(29)25-20-9-4-2-3-5-10-20)18-19-8-6-7-11-21(19)22(28)27(24)13-12-26-14-16-30-17-15-26/h6-8,11,20H,2-5,9-10,12-18H2,1H3,(H,25,29)/t24-/m1/s1. The number of nitrogens with one attached hydrogen (secondary N) is 1. The zero-order valence-electron chi connectivity index (χ0n) is 18.2. The van der Waals surface area contributed by atoms with Gasteiger partial charge in [0, 0.05) is 44.2 Å². The Morgan fingerprint density at radius 1 is 1.10 bits per heavy atom. The van der Waals surface area contributed by atoms with Crippen molar-refractivity contribution in [3.8, 4) is 0 Å².